The van der Waals surface area contributed by atoms with Crippen LogP contribution in [0.15, 0.2) is 79.0 Å². The van der Waals surface area contributed by atoms with E-state index in [9.17, 15) is 19.5 Å². The largest absolute Gasteiger partial charge is 0.493 e. The van der Waals surface area contributed by atoms with Crippen LogP contribution in [0.3, 0.4) is 0 Å². The lowest BCUT2D eigenvalue weighted by atomic mass is 10.0. The highest BCUT2D eigenvalue weighted by Gasteiger charge is 2.21. The number of fused-ring (bicyclic) bond motifs is 1. The van der Waals surface area contributed by atoms with Gasteiger partial charge in [-0.05, 0) is 67.3 Å². The maximum Gasteiger partial charge on any atom is 0.326 e. The molecule has 4 rings (SSSR count). The third-order valence-electron chi connectivity index (χ3n) is 6.51. The monoisotopic (exact) mass is 585 g/mol. The van der Waals surface area contributed by atoms with Crippen molar-refractivity contribution in [2.75, 3.05) is 19.0 Å². The summed E-state index contributed by atoms with van der Waals surface area (Å²) in [4.78, 5) is 40.5. The Labute approximate surface area is 250 Å². The predicted octanol–water partition coefficient (Wildman–Crippen LogP) is 6.06. The van der Waals surface area contributed by atoms with Gasteiger partial charge in [-0.2, -0.15) is 0 Å². The van der Waals surface area contributed by atoms with E-state index < -0.39 is 12.0 Å². The van der Waals surface area contributed by atoms with Gasteiger partial charge in [0.05, 0.1) is 19.2 Å². The quantitative estimate of drug-likeness (QED) is 0.152. The van der Waals surface area contributed by atoms with Crippen molar-refractivity contribution in [1.29, 1.82) is 0 Å². The molecule has 0 bridgehead atoms. The summed E-state index contributed by atoms with van der Waals surface area (Å²) in [6.07, 6.45) is 2.51. The average molecular weight is 586 g/mol. The van der Waals surface area contributed by atoms with Crippen LogP contribution in [-0.2, 0) is 9.59 Å². The minimum Gasteiger partial charge on any atom is -0.493 e. The van der Waals surface area contributed by atoms with Gasteiger partial charge < -0.3 is 30.0 Å². The Morgan fingerprint density at radius 2 is 1.67 bits per heavy atom. The van der Waals surface area contributed by atoms with Crippen LogP contribution in [-0.4, -0.2) is 47.6 Å². The summed E-state index contributed by atoms with van der Waals surface area (Å²) in [5, 5.41) is 15.5. The number of aliphatic carboxylic acids is 1. The van der Waals surface area contributed by atoms with Crippen LogP contribution in [0.2, 0.25) is 0 Å². The van der Waals surface area contributed by atoms with Crippen molar-refractivity contribution in [3.05, 3.63) is 84.6 Å². The van der Waals surface area contributed by atoms with Gasteiger partial charge >= 0.3 is 5.97 Å². The molecule has 0 saturated carbocycles. The summed E-state index contributed by atoms with van der Waals surface area (Å²) in [5.74, 6) is 0.624. The number of carboxylic acids is 1. The van der Waals surface area contributed by atoms with Crippen LogP contribution in [0.5, 0.6) is 23.0 Å². The summed E-state index contributed by atoms with van der Waals surface area (Å²) in [7, 11) is 1.53. The lowest BCUT2D eigenvalue weighted by Gasteiger charge is -2.16. The van der Waals surface area contributed by atoms with Crippen LogP contribution in [0, 0.1) is 5.92 Å². The second-order valence-corrected chi connectivity index (χ2v) is 10.3. The molecule has 0 aliphatic rings. The molecule has 2 amide bonds. The third kappa shape index (κ3) is 8.68. The molecule has 1 heterocycles. The molecule has 224 valence electrons. The molecule has 0 aliphatic heterocycles. The summed E-state index contributed by atoms with van der Waals surface area (Å²) in [5.41, 5.74) is 1.83. The summed E-state index contributed by atoms with van der Waals surface area (Å²) >= 11 is 0. The Hall–Kier alpha value is -5.12. The number of ether oxygens (including phenoxy) is 3. The minimum absolute atomic E-state index is 0.128. The normalized spacial score (nSPS) is 11.5. The van der Waals surface area contributed by atoms with Gasteiger partial charge in [0.15, 0.2) is 11.5 Å². The first-order chi connectivity index (χ1) is 20.7. The SMILES string of the molecule is COc1cc2c(Oc3ccc(NC(=O)c4ccccc4)cc3)ccnc2cc1OCCCC(=O)NC(CC(C)C)C(=O)O. The van der Waals surface area contributed by atoms with E-state index in [-0.39, 0.29) is 30.8 Å². The van der Waals surface area contributed by atoms with Crippen molar-refractivity contribution < 1.29 is 33.7 Å². The first-order valence-electron chi connectivity index (χ1n) is 14.0. The fourth-order valence-corrected chi connectivity index (χ4v) is 4.39. The van der Waals surface area contributed by atoms with E-state index in [1.54, 1.807) is 60.8 Å². The molecular weight excluding hydrogens is 550 g/mol. The number of pyridine rings is 1. The van der Waals surface area contributed by atoms with Crippen molar-refractivity contribution in [3.63, 3.8) is 0 Å². The van der Waals surface area contributed by atoms with Gasteiger partial charge in [0.2, 0.25) is 5.91 Å². The Morgan fingerprint density at radius 3 is 2.35 bits per heavy atom. The molecule has 10 nitrogen and oxygen atoms in total. The summed E-state index contributed by atoms with van der Waals surface area (Å²) in [6.45, 7) is 4.04. The van der Waals surface area contributed by atoms with E-state index in [1.807, 2.05) is 32.0 Å². The first-order valence-corrected chi connectivity index (χ1v) is 14.0. The smallest absolute Gasteiger partial charge is 0.326 e. The van der Waals surface area contributed by atoms with Gasteiger partial charge in [-0.25, -0.2) is 4.79 Å². The maximum atomic E-state index is 12.4. The van der Waals surface area contributed by atoms with Crippen LogP contribution in [0.1, 0.15) is 43.5 Å². The fraction of sp³-hybridized carbons (Fsp3) is 0.273. The number of hydrogen-bond donors (Lipinski definition) is 3. The summed E-state index contributed by atoms with van der Waals surface area (Å²) < 4.78 is 17.6. The van der Waals surface area contributed by atoms with Crippen LogP contribution in [0.4, 0.5) is 5.69 Å². The molecule has 1 unspecified atom stereocenters. The van der Waals surface area contributed by atoms with Crippen molar-refractivity contribution in [2.24, 2.45) is 5.92 Å². The number of carbonyl (C=O) groups excluding carboxylic acids is 2. The fourth-order valence-electron chi connectivity index (χ4n) is 4.39. The average Bonchev–Trinajstić information content (AvgIpc) is 3.00. The van der Waals surface area contributed by atoms with Crippen LogP contribution in [0.25, 0.3) is 10.9 Å². The molecule has 43 heavy (non-hydrogen) atoms. The highest BCUT2D eigenvalue weighted by molar-refractivity contribution is 6.04. The second kappa shape index (κ2) is 14.7. The molecule has 1 aromatic heterocycles. The zero-order valence-electron chi connectivity index (χ0n) is 24.3. The molecule has 3 N–H and O–H groups in total. The van der Waals surface area contributed by atoms with E-state index in [1.165, 1.54) is 7.11 Å². The lowest BCUT2D eigenvalue weighted by Crippen LogP contribution is -2.41. The van der Waals surface area contributed by atoms with Crippen molar-refractivity contribution in [1.82, 2.24) is 10.3 Å². The Morgan fingerprint density at radius 1 is 0.930 bits per heavy atom. The van der Waals surface area contributed by atoms with E-state index in [0.717, 1.165) is 0 Å². The van der Waals surface area contributed by atoms with Crippen molar-refractivity contribution in [3.8, 4) is 23.0 Å². The van der Waals surface area contributed by atoms with Crippen LogP contribution >= 0.6 is 0 Å². The van der Waals surface area contributed by atoms with E-state index >= 15 is 0 Å². The topological polar surface area (TPSA) is 136 Å². The second-order valence-electron chi connectivity index (χ2n) is 10.3. The number of hydrogen-bond acceptors (Lipinski definition) is 7. The highest BCUT2D eigenvalue weighted by atomic mass is 16.5. The molecule has 0 fully saturated rings. The maximum absolute atomic E-state index is 12.4. The van der Waals surface area contributed by atoms with Gasteiger partial charge in [0, 0.05) is 35.3 Å². The van der Waals surface area contributed by atoms with Gasteiger partial charge in [-0.1, -0.05) is 32.0 Å². The number of aromatic nitrogens is 1. The number of anilines is 1. The molecule has 3 aromatic carbocycles. The molecule has 0 radical (unpaired) electrons. The Kier molecular flexibility index (Phi) is 10.5. The van der Waals surface area contributed by atoms with Gasteiger partial charge in [0.25, 0.3) is 5.91 Å². The molecular formula is C33H35N3O7. The third-order valence-corrected chi connectivity index (χ3v) is 6.51. The molecule has 0 saturated heterocycles. The number of amides is 2. The lowest BCUT2D eigenvalue weighted by molar-refractivity contribution is -0.142. The Bertz CT molecular complexity index is 1560. The molecule has 0 aliphatic carbocycles. The van der Waals surface area contributed by atoms with Gasteiger partial charge in [-0.3, -0.25) is 14.6 Å². The molecule has 4 aromatic rings. The molecule has 1 atom stereocenters. The standard InChI is InChI=1S/C33H35N3O7/c1-21(2)18-27(33(39)40)36-31(37)10-7-17-42-30-20-26-25(19-29(30)41-3)28(15-16-34-26)43-24-13-11-23(12-14-24)35-32(38)22-8-5-4-6-9-22/h4-6,8-9,11-16,19-21,27H,7,10,17-18H2,1-3H3,(H,35,38)(H,36,37)(H,39,40). The highest BCUT2D eigenvalue weighted by Crippen LogP contribution is 2.37. The first kappa shape index (κ1) is 30.8. The van der Waals surface area contributed by atoms with Crippen molar-refractivity contribution in [2.45, 2.75) is 39.2 Å². The number of carbonyl (C=O) groups is 3. The Balaban J connectivity index is 1.37. The van der Waals surface area contributed by atoms with E-state index in [2.05, 4.69) is 15.6 Å². The molecule has 0 spiro atoms. The minimum atomic E-state index is -1.04. The molecule has 10 heteroatoms. The number of nitrogens with one attached hydrogen (secondary N) is 2. The van der Waals surface area contributed by atoms with Crippen molar-refractivity contribution >= 4 is 34.4 Å². The predicted molar refractivity (Wildman–Crippen MR) is 163 cm³/mol. The zero-order valence-corrected chi connectivity index (χ0v) is 24.3. The van der Waals surface area contributed by atoms with Crippen LogP contribution < -0.4 is 24.8 Å². The number of rotatable bonds is 14. The number of methoxy groups -OCH3 is 1. The van der Waals surface area contributed by atoms with E-state index in [0.29, 0.717) is 58.0 Å². The number of carboxylic acid groups (broad SMARTS) is 1. The zero-order chi connectivity index (χ0) is 30.8. The van der Waals surface area contributed by atoms with E-state index in [4.69, 9.17) is 14.2 Å². The van der Waals surface area contributed by atoms with Gasteiger partial charge in [0.1, 0.15) is 17.5 Å². The number of nitrogens with zero attached hydrogens (tertiary/aromatic N) is 1. The summed E-state index contributed by atoms with van der Waals surface area (Å²) in [6, 6.07) is 20.4. The van der Waals surface area contributed by atoms with Gasteiger partial charge in [-0.15, -0.1) is 0 Å². The number of benzene rings is 3.